The molecule has 22 heavy (non-hydrogen) atoms. The van der Waals surface area contributed by atoms with Crippen LogP contribution in [0.25, 0.3) is 0 Å². The number of hydrogen-bond acceptors (Lipinski definition) is 6. The molecule has 7 heteroatoms. The minimum absolute atomic E-state index is 0.0437. The van der Waals surface area contributed by atoms with Gasteiger partial charge in [0.15, 0.2) is 12.4 Å². The molecule has 0 bridgehead atoms. The average Bonchev–Trinajstić information content (AvgIpc) is 2.54. The van der Waals surface area contributed by atoms with Gasteiger partial charge in [-0.3, -0.25) is 9.59 Å². The van der Waals surface area contributed by atoms with Crippen LogP contribution in [0, 0.1) is 0 Å². The Bertz CT molecular complexity index is 647. The standard InChI is InChI=1S/C15H14ClN3O3/c1-19(15-17-7-2-8-18-15)9-14(21)22-10-13(20)11-3-5-12(16)6-4-11/h2-8H,9-10H2,1H3. The lowest BCUT2D eigenvalue weighted by atomic mass is 10.1. The predicted octanol–water partition coefficient (Wildman–Crippen LogP) is 1.99. The van der Waals surface area contributed by atoms with Gasteiger partial charge in [0.2, 0.25) is 5.95 Å². The molecule has 0 atom stereocenters. The molecular formula is C15H14ClN3O3. The van der Waals surface area contributed by atoms with E-state index < -0.39 is 5.97 Å². The third-order valence-corrected chi connectivity index (χ3v) is 3.04. The molecule has 1 aromatic carbocycles. The molecule has 114 valence electrons. The first-order valence-electron chi connectivity index (χ1n) is 6.49. The van der Waals surface area contributed by atoms with Gasteiger partial charge in [-0.05, 0) is 30.3 Å². The maximum absolute atomic E-state index is 11.9. The zero-order valence-electron chi connectivity index (χ0n) is 11.9. The zero-order valence-corrected chi connectivity index (χ0v) is 12.7. The number of esters is 1. The fourth-order valence-electron chi connectivity index (χ4n) is 1.66. The molecule has 0 aliphatic heterocycles. The van der Waals surface area contributed by atoms with Crippen LogP contribution in [-0.2, 0) is 9.53 Å². The van der Waals surface area contributed by atoms with Gasteiger partial charge in [-0.15, -0.1) is 0 Å². The molecule has 0 saturated heterocycles. The Hall–Kier alpha value is -2.47. The number of benzene rings is 1. The lowest BCUT2D eigenvalue weighted by molar-refractivity contribution is -0.140. The summed E-state index contributed by atoms with van der Waals surface area (Å²) in [6.07, 6.45) is 3.16. The molecular weight excluding hydrogens is 306 g/mol. The van der Waals surface area contributed by atoms with Crippen molar-refractivity contribution < 1.29 is 14.3 Å². The Balaban J connectivity index is 1.82. The SMILES string of the molecule is CN(CC(=O)OCC(=O)c1ccc(Cl)cc1)c1ncccn1. The van der Waals surface area contributed by atoms with Gasteiger partial charge in [-0.1, -0.05) is 11.6 Å². The van der Waals surface area contributed by atoms with Crippen molar-refractivity contribution in [2.75, 3.05) is 25.1 Å². The number of anilines is 1. The number of carbonyl (C=O) groups excluding carboxylic acids is 2. The minimum atomic E-state index is -0.530. The minimum Gasteiger partial charge on any atom is -0.456 e. The first kappa shape index (κ1) is 15.9. The highest BCUT2D eigenvalue weighted by Gasteiger charge is 2.13. The Labute approximate surface area is 132 Å². The van der Waals surface area contributed by atoms with Crippen molar-refractivity contribution in [3.63, 3.8) is 0 Å². The number of ether oxygens (including phenoxy) is 1. The number of aromatic nitrogens is 2. The van der Waals surface area contributed by atoms with Crippen molar-refractivity contribution in [3.8, 4) is 0 Å². The number of nitrogens with zero attached hydrogens (tertiary/aromatic N) is 3. The van der Waals surface area contributed by atoms with E-state index in [0.29, 0.717) is 16.5 Å². The van der Waals surface area contributed by atoms with Crippen LogP contribution in [0.4, 0.5) is 5.95 Å². The van der Waals surface area contributed by atoms with E-state index >= 15 is 0 Å². The number of Topliss-reactive ketones (excluding diaryl/α,β-unsaturated/α-hetero) is 1. The summed E-state index contributed by atoms with van der Waals surface area (Å²) in [5.74, 6) is -0.413. The number of rotatable bonds is 6. The number of ketones is 1. The molecule has 0 aliphatic carbocycles. The second kappa shape index (κ2) is 7.51. The van der Waals surface area contributed by atoms with Crippen molar-refractivity contribution in [1.82, 2.24) is 9.97 Å². The predicted molar refractivity (Wildman–Crippen MR) is 82.0 cm³/mol. The largest absolute Gasteiger partial charge is 0.456 e. The first-order valence-corrected chi connectivity index (χ1v) is 6.86. The molecule has 6 nitrogen and oxygen atoms in total. The van der Waals surface area contributed by atoms with Gasteiger partial charge < -0.3 is 9.64 Å². The molecule has 0 amide bonds. The molecule has 1 heterocycles. The lowest BCUT2D eigenvalue weighted by Crippen LogP contribution is -2.29. The van der Waals surface area contributed by atoms with Crippen LogP contribution in [0.1, 0.15) is 10.4 Å². The highest BCUT2D eigenvalue weighted by Crippen LogP contribution is 2.10. The smallest absolute Gasteiger partial charge is 0.326 e. The molecule has 0 aliphatic rings. The molecule has 2 aromatic rings. The van der Waals surface area contributed by atoms with E-state index in [1.165, 1.54) is 4.90 Å². The summed E-state index contributed by atoms with van der Waals surface area (Å²) in [5, 5.41) is 0.540. The molecule has 0 radical (unpaired) electrons. The summed E-state index contributed by atoms with van der Waals surface area (Å²) in [5.41, 5.74) is 0.442. The van der Waals surface area contributed by atoms with E-state index in [9.17, 15) is 9.59 Å². The summed E-state index contributed by atoms with van der Waals surface area (Å²) in [6.45, 7) is -0.359. The van der Waals surface area contributed by atoms with Gasteiger partial charge in [0.1, 0.15) is 6.54 Å². The van der Waals surface area contributed by atoms with Gasteiger partial charge in [-0.25, -0.2) is 9.97 Å². The van der Waals surface area contributed by atoms with E-state index in [0.717, 1.165) is 0 Å². The van der Waals surface area contributed by atoms with Crippen molar-refractivity contribution in [2.45, 2.75) is 0 Å². The average molecular weight is 320 g/mol. The summed E-state index contributed by atoms with van der Waals surface area (Å²) < 4.78 is 4.96. The Morgan fingerprint density at radius 3 is 2.45 bits per heavy atom. The molecule has 2 rings (SSSR count). The molecule has 1 aromatic heterocycles. The van der Waals surface area contributed by atoms with E-state index in [1.54, 1.807) is 49.8 Å². The van der Waals surface area contributed by atoms with Gasteiger partial charge in [0, 0.05) is 30.0 Å². The fraction of sp³-hybridized carbons (Fsp3) is 0.200. The fourth-order valence-corrected chi connectivity index (χ4v) is 1.79. The van der Waals surface area contributed by atoms with Crippen LogP contribution in [0.2, 0.25) is 5.02 Å². The molecule has 0 unspecified atom stereocenters. The summed E-state index contributed by atoms with van der Waals surface area (Å²) in [4.78, 5) is 33.1. The monoisotopic (exact) mass is 319 g/mol. The second-order valence-corrected chi connectivity index (χ2v) is 4.93. The maximum Gasteiger partial charge on any atom is 0.326 e. The number of carbonyl (C=O) groups is 2. The molecule has 0 N–H and O–H groups in total. The Morgan fingerprint density at radius 2 is 1.82 bits per heavy atom. The van der Waals surface area contributed by atoms with Gasteiger partial charge in [0.25, 0.3) is 0 Å². The number of halogens is 1. The van der Waals surface area contributed by atoms with Crippen molar-refractivity contribution in [2.24, 2.45) is 0 Å². The zero-order chi connectivity index (χ0) is 15.9. The topological polar surface area (TPSA) is 72.4 Å². The highest BCUT2D eigenvalue weighted by molar-refractivity contribution is 6.30. The maximum atomic E-state index is 11.9. The van der Waals surface area contributed by atoms with Crippen LogP contribution < -0.4 is 4.90 Å². The van der Waals surface area contributed by atoms with E-state index in [1.807, 2.05) is 0 Å². The molecule has 0 fully saturated rings. The number of likely N-dealkylation sites (N-methyl/N-ethyl adjacent to an activating group) is 1. The Morgan fingerprint density at radius 1 is 1.18 bits per heavy atom. The van der Waals surface area contributed by atoms with E-state index in [2.05, 4.69) is 9.97 Å². The summed E-state index contributed by atoms with van der Waals surface area (Å²) in [6, 6.07) is 8.07. The van der Waals surface area contributed by atoms with Gasteiger partial charge in [-0.2, -0.15) is 0 Å². The Kier molecular flexibility index (Phi) is 5.43. The third kappa shape index (κ3) is 4.53. The van der Waals surface area contributed by atoms with Gasteiger partial charge >= 0.3 is 5.97 Å². The van der Waals surface area contributed by atoms with Crippen molar-refractivity contribution >= 4 is 29.3 Å². The van der Waals surface area contributed by atoms with Crippen molar-refractivity contribution in [1.29, 1.82) is 0 Å². The second-order valence-electron chi connectivity index (χ2n) is 4.50. The molecule has 0 saturated carbocycles. The van der Waals surface area contributed by atoms with Crippen molar-refractivity contribution in [3.05, 3.63) is 53.3 Å². The summed E-state index contributed by atoms with van der Waals surface area (Å²) in [7, 11) is 1.66. The lowest BCUT2D eigenvalue weighted by Gasteiger charge is -2.15. The first-order chi connectivity index (χ1) is 10.6. The van der Waals surface area contributed by atoms with E-state index in [-0.39, 0.29) is 18.9 Å². The van der Waals surface area contributed by atoms with Crippen LogP contribution in [0.5, 0.6) is 0 Å². The third-order valence-electron chi connectivity index (χ3n) is 2.79. The number of hydrogen-bond donors (Lipinski definition) is 0. The van der Waals surface area contributed by atoms with Crippen LogP contribution in [0.3, 0.4) is 0 Å². The normalized spacial score (nSPS) is 10.1. The molecule has 0 spiro atoms. The van der Waals surface area contributed by atoms with Crippen LogP contribution in [-0.4, -0.2) is 41.9 Å². The quantitative estimate of drug-likeness (QED) is 0.599. The summed E-state index contributed by atoms with van der Waals surface area (Å²) >= 11 is 5.75. The van der Waals surface area contributed by atoms with Crippen LogP contribution in [0.15, 0.2) is 42.7 Å². The van der Waals surface area contributed by atoms with Crippen LogP contribution >= 0.6 is 11.6 Å². The van der Waals surface area contributed by atoms with Gasteiger partial charge in [0.05, 0.1) is 0 Å². The highest BCUT2D eigenvalue weighted by atomic mass is 35.5. The van der Waals surface area contributed by atoms with E-state index in [4.69, 9.17) is 16.3 Å².